The summed E-state index contributed by atoms with van der Waals surface area (Å²) in [4.78, 5) is 0. The maximum Gasteiger partial charge on any atom is 0.141 e. The van der Waals surface area contributed by atoms with Crippen LogP contribution in [0.5, 0.6) is 0 Å². The number of aryl methyl sites for hydroxylation is 2. The maximum atomic E-state index is 13.1. The highest BCUT2D eigenvalue weighted by Crippen LogP contribution is 2.23. The number of hydrogen-bond acceptors (Lipinski definition) is 2. The Kier molecular flexibility index (Phi) is 4.22. The summed E-state index contributed by atoms with van der Waals surface area (Å²) in [5, 5.41) is 7.77. The molecule has 0 saturated heterocycles. The average Bonchev–Trinajstić information content (AvgIpc) is 2.70. The van der Waals surface area contributed by atoms with Crippen LogP contribution in [0.15, 0.2) is 24.4 Å². The summed E-state index contributed by atoms with van der Waals surface area (Å²) in [5.41, 5.74) is 3.13. The van der Waals surface area contributed by atoms with Crippen LogP contribution >= 0.6 is 11.6 Å². The van der Waals surface area contributed by atoms with Crippen molar-refractivity contribution >= 4 is 11.6 Å². The molecule has 3 nitrogen and oxygen atoms in total. The summed E-state index contributed by atoms with van der Waals surface area (Å²) in [5.74, 6) is -0.385. The van der Waals surface area contributed by atoms with Crippen molar-refractivity contribution in [3.8, 4) is 0 Å². The second-order valence-electron chi connectivity index (χ2n) is 4.64. The Morgan fingerprint density at radius 2 is 2.21 bits per heavy atom. The van der Waals surface area contributed by atoms with Gasteiger partial charge in [0.25, 0.3) is 0 Å². The Bertz CT molecular complexity index is 580. The molecule has 0 amide bonds. The van der Waals surface area contributed by atoms with Crippen LogP contribution in [0.2, 0.25) is 5.02 Å². The molecule has 5 heteroatoms. The van der Waals surface area contributed by atoms with Crippen molar-refractivity contribution in [1.82, 2.24) is 15.1 Å². The Morgan fingerprint density at radius 3 is 2.74 bits per heavy atom. The number of halogens is 2. The van der Waals surface area contributed by atoms with E-state index in [0.29, 0.717) is 0 Å². The van der Waals surface area contributed by atoms with E-state index in [-0.39, 0.29) is 16.9 Å². The van der Waals surface area contributed by atoms with E-state index in [0.717, 1.165) is 23.2 Å². The molecule has 0 aliphatic carbocycles. The quantitative estimate of drug-likeness (QED) is 0.934. The van der Waals surface area contributed by atoms with Crippen LogP contribution in [-0.4, -0.2) is 16.8 Å². The van der Waals surface area contributed by atoms with Crippen LogP contribution in [0.3, 0.4) is 0 Å². The molecule has 0 fully saturated rings. The Hall–Kier alpha value is -1.39. The fourth-order valence-corrected chi connectivity index (χ4v) is 2.43. The van der Waals surface area contributed by atoms with E-state index in [1.54, 1.807) is 16.8 Å². The second kappa shape index (κ2) is 5.72. The molecule has 0 bridgehead atoms. The van der Waals surface area contributed by atoms with Crippen molar-refractivity contribution in [1.29, 1.82) is 0 Å². The third kappa shape index (κ3) is 3.14. The number of hydrogen-bond donors (Lipinski definition) is 1. The first kappa shape index (κ1) is 14.0. The molecule has 2 aromatic rings. The first-order valence-electron chi connectivity index (χ1n) is 6.12. The normalized spacial score (nSPS) is 12.7. The van der Waals surface area contributed by atoms with Gasteiger partial charge >= 0.3 is 0 Å². The molecule has 0 aliphatic heterocycles. The highest BCUT2D eigenvalue weighted by molar-refractivity contribution is 6.30. The van der Waals surface area contributed by atoms with Crippen LogP contribution in [-0.2, 0) is 13.5 Å². The number of likely N-dealkylation sites (N-methyl/N-ethyl adjacent to an activating group) is 1. The van der Waals surface area contributed by atoms with Crippen molar-refractivity contribution in [3.05, 3.63) is 52.1 Å². The summed E-state index contributed by atoms with van der Waals surface area (Å²) in [7, 11) is 3.81. The molecule has 0 saturated carbocycles. The number of nitrogens with one attached hydrogen (secondary N) is 1. The van der Waals surface area contributed by atoms with Gasteiger partial charge in [-0.05, 0) is 38.1 Å². The van der Waals surface area contributed by atoms with Gasteiger partial charge in [-0.1, -0.05) is 17.7 Å². The second-order valence-corrected chi connectivity index (χ2v) is 5.04. The Balaban J connectivity index is 2.23. The van der Waals surface area contributed by atoms with Crippen molar-refractivity contribution < 1.29 is 4.39 Å². The van der Waals surface area contributed by atoms with Gasteiger partial charge in [-0.15, -0.1) is 0 Å². The summed E-state index contributed by atoms with van der Waals surface area (Å²) in [6.07, 6.45) is 2.74. The molecule has 2 rings (SSSR count). The Labute approximate surface area is 117 Å². The van der Waals surface area contributed by atoms with Gasteiger partial charge in [-0.25, -0.2) is 4.39 Å². The molecule has 0 radical (unpaired) electrons. The third-order valence-corrected chi connectivity index (χ3v) is 3.49. The van der Waals surface area contributed by atoms with Crippen molar-refractivity contribution in [2.24, 2.45) is 7.05 Å². The van der Waals surface area contributed by atoms with Gasteiger partial charge in [0.1, 0.15) is 5.82 Å². The molecule has 0 spiro atoms. The number of benzene rings is 1. The van der Waals surface area contributed by atoms with Crippen LogP contribution < -0.4 is 5.32 Å². The molecule has 1 N–H and O–H groups in total. The van der Waals surface area contributed by atoms with E-state index >= 15 is 0 Å². The molecular formula is C14H17ClFN3. The first-order valence-corrected chi connectivity index (χ1v) is 6.50. The predicted octanol–water partition coefficient (Wildman–Crippen LogP) is 3.02. The maximum absolute atomic E-state index is 13.1. The molecule has 1 aromatic heterocycles. The van der Waals surface area contributed by atoms with E-state index in [9.17, 15) is 4.39 Å². The minimum atomic E-state index is -0.385. The molecule has 1 atom stereocenters. The summed E-state index contributed by atoms with van der Waals surface area (Å²) >= 11 is 5.81. The molecule has 1 heterocycles. The molecule has 0 aliphatic rings. The summed E-state index contributed by atoms with van der Waals surface area (Å²) in [6.45, 7) is 1.98. The lowest BCUT2D eigenvalue weighted by Gasteiger charge is -2.16. The van der Waals surface area contributed by atoms with E-state index in [2.05, 4.69) is 10.4 Å². The minimum absolute atomic E-state index is 0.134. The fourth-order valence-electron chi connectivity index (χ4n) is 2.23. The fraction of sp³-hybridized carbons (Fsp3) is 0.357. The summed E-state index contributed by atoms with van der Waals surface area (Å²) in [6, 6.07) is 4.97. The van der Waals surface area contributed by atoms with Crippen molar-refractivity contribution in [3.63, 3.8) is 0 Å². The highest BCUT2D eigenvalue weighted by atomic mass is 35.5. The summed E-state index contributed by atoms with van der Waals surface area (Å²) < 4.78 is 14.9. The lowest BCUT2D eigenvalue weighted by Crippen LogP contribution is -2.19. The van der Waals surface area contributed by atoms with Crippen LogP contribution in [0, 0.1) is 12.7 Å². The van der Waals surface area contributed by atoms with Gasteiger partial charge in [0.05, 0.1) is 10.7 Å². The monoisotopic (exact) mass is 281 g/mol. The lowest BCUT2D eigenvalue weighted by molar-refractivity contribution is 0.586. The van der Waals surface area contributed by atoms with E-state index in [1.165, 1.54) is 6.07 Å². The van der Waals surface area contributed by atoms with Gasteiger partial charge in [-0.3, -0.25) is 4.68 Å². The van der Waals surface area contributed by atoms with Crippen LogP contribution in [0.25, 0.3) is 0 Å². The molecular weight excluding hydrogens is 265 g/mol. The topological polar surface area (TPSA) is 29.9 Å². The Morgan fingerprint density at radius 1 is 1.47 bits per heavy atom. The molecule has 102 valence electrons. The minimum Gasteiger partial charge on any atom is -0.313 e. The van der Waals surface area contributed by atoms with E-state index in [4.69, 9.17) is 11.6 Å². The number of aromatic nitrogens is 2. The average molecular weight is 282 g/mol. The zero-order valence-electron chi connectivity index (χ0n) is 11.2. The zero-order chi connectivity index (χ0) is 14.0. The number of nitrogens with zero attached hydrogens (tertiary/aromatic N) is 2. The van der Waals surface area contributed by atoms with E-state index in [1.807, 2.05) is 27.2 Å². The van der Waals surface area contributed by atoms with Crippen LogP contribution in [0.4, 0.5) is 4.39 Å². The van der Waals surface area contributed by atoms with Crippen molar-refractivity contribution in [2.75, 3.05) is 7.05 Å². The molecule has 1 unspecified atom stereocenters. The third-order valence-electron chi connectivity index (χ3n) is 3.20. The lowest BCUT2D eigenvalue weighted by atomic mass is 10.00. The highest BCUT2D eigenvalue weighted by Gasteiger charge is 2.16. The van der Waals surface area contributed by atoms with Crippen LogP contribution in [0.1, 0.15) is 22.9 Å². The van der Waals surface area contributed by atoms with Gasteiger partial charge in [0, 0.05) is 24.8 Å². The van der Waals surface area contributed by atoms with E-state index < -0.39 is 0 Å². The largest absolute Gasteiger partial charge is 0.313 e. The smallest absolute Gasteiger partial charge is 0.141 e. The predicted molar refractivity (Wildman–Crippen MR) is 74.9 cm³/mol. The molecule has 19 heavy (non-hydrogen) atoms. The number of rotatable bonds is 4. The first-order chi connectivity index (χ1) is 9.01. The van der Waals surface area contributed by atoms with Gasteiger partial charge in [0.15, 0.2) is 0 Å². The molecule has 1 aromatic carbocycles. The SMILES string of the molecule is CNC(Cc1ccc(F)c(Cl)c1)c1cn(C)nc1C. The van der Waals surface area contributed by atoms with Gasteiger partial charge < -0.3 is 5.32 Å². The van der Waals surface area contributed by atoms with Gasteiger partial charge in [-0.2, -0.15) is 5.10 Å². The zero-order valence-corrected chi connectivity index (χ0v) is 12.0. The standard InChI is InChI=1S/C14H17ClFN3/c1-9-11(8-19(3)18-9)14(17-2)7-10-4-5-13(16)12(15)6-10/h4-6,8,14,17H,7H2,1-3H3. The van der Waals surface area contributed by atoms with Gasteiger partial charge in [0.2, 0.25) is 0 Å². The van der Waals surface area contributed by atoms with Crippen molar-refractivity contribution in [2.45, 2.75) is 19.4 Å².